The zero-order valence-electron chi connectivity index (χ0n) is 23.8. The lowest BCUT2D eigenvalue weighted by Crippen LogP contribution is -2.53. The summed E-state index contributed by atoms with van der Waals surface area (Å²) < 4.78 is 5.51. The van der Waals surface area contributed by atoms with Crippen LogP contribution in [-0.4, -0.2) is 49.1 Å². The molecule has 1 saturated heterocycles. The Balaban J connectivity index is 1.29. The number of hydrogen-bond acceptors (Lipinski definition) is 4. The van der Waals surface area contributed by atoms with Gasteiger partial charge in [0.2, 0.25) is 5.91 Å². The minimum absolute atomic E-state index is 0.0609. The summed E-state index contributed by atoms with van der Waals surface area (Å²) in [5.41, 5.74) is 7.64. The highest BCUT2D eigenvalue weighted by molar-refractivity contribution is 5.98. The van der Waals surface area contributed by atoms with Crippen LogP contribution in [0.4, 0.5) is 5.69 Å². The van der Waals surface area contributed by atoms with E-state index in [4.69, 9.17) is 4.74 Å². The van der Waals surface area contributed by atoms with Gasteiger partial charge < -0.3 is 19.9 Å². The van der Waals surface area contributed by atoms with Crippen LogP contribution in [0.2, 0.25) is 0 Å². The van der Waals surface area contributed by atoms with Gasteiger partial charge in [-0.25, -0.2) is 0 Å². The number of anilines is 1. The first-order valence-corrected chi connectivity index (χ1v) is 14.5. The lowest BCUT2D eigenvalue weighted by molar-refractivity contribution is -0.127. The summed E-state index contributed by atoms with van der Waals surface area (Å²) in [6.45, 7) is 10.1. The topological polar surface area (TPSA) is 61.9 Å². The number of ether oxygens (including phenoxy) is 1. The van der Waals surface area contributed by atoms with Crippen LogP contribution in [0.25, 0.3) is 0 Å². The number of nitrogens with one attached hydrogen (secondary N) is 1. The summed E-state index contributed by atoms with van der Waals surface area (Å²) in [6, 6.07) is 21.9. The van der Waals surface area contributed by atoms with Crippen molar-refractivity contribution >= 4 is 17.5 Å². The molecule has 6 rings (SSSR count). The predicted molar refractivity (Wildman–Crippen MR) is 158 cm³/mol. The van der Waals surface area contributed by atoms with E-state index in [1.54, 1.807) is 4.90 Å². The number of carbonyl (C=O) groups is 2. The number of rotatable bonds is 4. The van der Waals surface area contributed by atoms with Crippen LogP contribution in [0, 0.1) is 6.92 Å². The van der Waals surface area contributed by atoms with Gasteiger partial charge >= 0.3 is 0 Å². The van der Waals surface area contributed by atoms with Gasteiger partial charge in [0.25, 0.3) is 5.91 Å². The lowest BCUT2D eigenvalue weighted by Gasteiger charge is -2.40. The van der Waals surface area contributed by atoms with E-state index in [1.807, 2.05) is 36.4 Å². The van der Waals surface area contributed by atoms with Gasteiger partial charge in [-0.15, -0.1) is 0 Å². The molecule has 40 heavy (non-hydrogen) atoms. The first-order chi connectivity index (χ1) is 19.3. The molecule has 208 valence electrons. The summed E-state index contributed by atoms with van der Waals surface area (Å²) in [4.78, 5) is 32.2. The average molecular weight is 538 g/mol. The SMILES string of the molecule is Cc1ccc2c(c1)C(NC(=O)C1Cc3ccccc3CN1C(=O)c1cccc(N3CCOCC3)c1)CCC2(C)C. The Morgan fingerprint density at radius 2 is 1.73 bits per heavy atom. The summed E-state index contributed by atoms with van der Waals surface area (Å²) in [7, 11) is 0. The van der Waals surface area contributed by atoms with Crippen molar-refractivity contribution in [2.75, 3.05) is 31.2 Å². The van der Waals surface area contributed by atoms with Crippen molar-refractivity contribution in [1.82, 2.24) is 10.2 Å². The number of amides is 2. The zero-order chi connectivity index (χ0) is 27.9. The number of aryl methyl sites for hydroxylation is 1. The molecule has 0 aromatic heterocycles. The summed E-state index contributed by atoms with van der Waals surface area (Å²) in [5, 5.41) is 3.39. The van der Waals surface area contributed by atoms with Gasteiger partial charge in [-0.05, 0) is 65.6 Å². The number of nitrogens with zero attached hydrogens (tertiary/aromatic N) is 2. The summed E-state index contributed by atoms with van der Waals surface area (Å²) in [5.74, 6) is -0.185. The van der Waals surface area contributed by atoms with Gasteiger partial charge in [-0.2, -0.15) is 0 Å². The lowest BCUT2D eigenvalue weighted by atomic mass is 9.70. The molecule has 1 fully saturated rings. The van der Waals surface area contributed by atoms with E-state index in [9.17, 15) is 9.59 Å². The fourth-order valence-corrected chi connectivity index (χ4v) is 6.59. The van der Waals surface area contributed by atoms with Crippen LogP contribution in [-0.2, 0) is 27.9 Å². The third-order valence-electron chi connectivity index (χ3n) is 8.97. The summed E-state index contributed by atoms with van der Waals surface area (Å²) >= 11 is 0. The van der Waals surface area contributed by atoms with Crippen molar-refractivity contribution in [3.8, 4) is 0 Å². The second-order valence-electron chi connectivity index (χ2n) is 12.1. The molecule has 2 unspecified atom stereocenters. The number of hydrogen-bond donors (Lipinski definition) is 1. The summed E-state index contributed by atoms with van der Waals surface area (Å²) in [6.07, 6.45) is 2.39. The van der Waals surface area contributed by atoms with Gasteiger partial charge in [0.1, 0.15) is 6.04 Å². The maximum Gasteiger partial charge on any atom is 0.254 e. The molecule has 2 aliphatic heterocycles. The molecule has 6 heteroatoms. The molecule has 6 nitrogen and oxygen atoms in total. The fraction of sp³-hybridized carbons (Fsp3) is 0.412. The van der Waals surface area contributed by atoms with Gasteiger partial charge in [-0.1, -0.05) is 67.9 Å². The Morgan fingerprint density at radius 1 is 0.950 bits per heavy atom. The third kappa shape index (κ3) is 5.13. The van der Waals surface area contributed by atoms with Gasteiger partial charge in [0.05, 0.1) is 19.3 Å². The van der Waals surface area contributed by atoms with E-state index >= 15 is 0 Å². The van der Waals surface area contributed by atoms with Gasteiger partial charge in [0.15, 0.2) is 0 Å². The Morgan fingerprint density at radius 3 is 2.52 bits per heavy atom. The Hall–Kier alpha value is -3.64. The predicted octanol–water partition coefficient (Wildman–Crippen LogP) is 5.33. The number of morpholine rings is 1. The largest absolute Gasteiger partial charge is 0.378 e. The number of benzene rings is 3. The standard InChI is InChI=1S/C34H39N3O3/c1-23-11-12-29-28(19-23)30(13-14-34(29,2)3)35-32(38)31-21-24-7-4-5-8-26(24)22-37(31)33(39)25-9-6-10-27(20-25)36-15-17-40-18-16-36/h4-12,19-20,30-31H,13-18,21-22H2,1-3H3,(H,35,38). The zero-order valence-corrected chi connectivity index (χ0v) is 23.8. The fourth-order valence-electron chi connectivity index (χ4n) is 6.59. The third-order valence-corrected chi connectivity index (χ3v) is 8.97. The maximum absolute atomic E-state index is 14.1. The first kappa shape index (κ1) is 26.6. The molecule has 0 bridgehead atoms. The molecule has 1 N–H and O–H groups in total. The molecule has 1 aliphatic carbocycles. The van der Waals surface area contributed by atoms with E-state index < -0.39 is 6.04 Å². The van der Waals surface area contributed by atoms with E-state index in [-0.39, 0.29) is 23.3 Å². The molecule has 0 spiro atoms. The highest BCUT2D eigenvalue weighted by Gasteiger charge is 2.38. The van der Waals surface area contributed by atoms with Crippen LogP contribution in [0.15, 0.2) is 66.7 Å². The van der Waals surface area contributed by atoms with Crippen molar-refractivity contribution in [1.29, 1.82) is 0 Å². The Labute approximate surface area is 237 Å². The molecule has 0 saturated carbocycles. The molecule has 2 heterocycles. The second kappa shape index (κ2) is 10.7. The molecule has 2 amide bonds. The van der Waals surface area contributed by atoms with Crippen molar-refractivity contribution in [2.24, 2.45) is 0 Å². The Bertz CT molecular complexity index is 1430. The van der Waals surface area contributed by atoms with Crippen LogP contribution < -0.4 is 10.2 Å². The van der Waals surface area contributed by atoms with Crippen LogP contribution in [0.5, 0.6) is 0 Å². The molecule has 0 radical (unpaired) electrons. The first-order valence-electron chi connectivity index (χ1n) is 14.5. The normalized spacial score (nSPS) is 21.8. The average Bonchev–Trinajstić information content (AvgIpc) is 2.98. The van der Waals surface area contributed by atoms with Crippen LogP contribution in [0.1, 0.15) is 70.9 Å². The smallest absolute Gasteiger partial charge is 0.254 e. The minimum Gasteiger partial charge on any atom is -0.378 e. The van der Waals surface area contributed by atoms with E-state index in [1.165, 1.54) is 16.7 Å². The molecule has 3 aromatic carbocycles. The van der Waals surface area contributed by atoms with Crippen molar-refractivity contribution < 1.29 is 14.3 Å². The highest BCUT2D eigenvalue weighted by Crippen LogP contribution is 2.42. The van der Waals surface area contributed by atoms with Crippen molar-refractivity contribution in [3.63, 3.8) is 0 Å². The van der Waals surface area contributed by atoms with Crippen molar-refractivity contribution in [3.05, 3.63) is 100 Å². The van der Waals surface area contributed by atoms with Crippen molar-refractivity contribution in [2.45, 2.75) is 64.1 Å². The van der Waals surface area contributed by atoms with Gasteiger partial charge in [0, 0.05) is 37.3 Å². The molecule has 2 atom stereocenters. The van der Waals surface area contributed by atoms with E-state index in [2.05, 4.69) is 61.3 Å². The van der Waals surface area contributed by atoms with Gasteiger partial charge in [-0.3, -0.25) is 9.59 Å². The molecule has 3 aromatic rings. The Kier molecular flexibility index (Phi) is 7.13. The molecular weight excluding hydrogens is 498 g/mol. The van der Waals surface area contributed by atoms with E-state index in [0.29, 0.717) is 31.7 Å². The number of fused-ring (bicyclic) bond motifs is 2. The van der Waals surface area contributed by atoms with E-state index in [0.717, 1.165) is 42.7 Å². The maximum atomic E-state index is 14.1. The minimum atomic E-state index is -0.572. The highest BCUT2D eigenvalue weighted by atomic mass is 16.5. The molecular formula is C34H39N3O3. The van der Waals surface area contributed by atoms with Crippen LogP contribution >= 0.6 is 0 Å². The number of carbonyl (C=O) groups excluding carboxylic acids is 2. The monoisotopic (exact) mass is 537 g/mol. The quantitative estimate of drug-likeness (QED) is 0.489. The molecule has 3 aliphatic rings. The van der Waals surface area contributed by atoms with Crippen LogP contribution in [0.3, 0.4) is 0 Å². The second-order valence-corrected chi connectivity index (χ2v) is 12.1.